The van der Waals surface area contributed by atoms with Gasteiger partial charge in [0.15, 0.2) is 5.78 Å². The molecule has 2 rings (SSSR count). The molecule has 0 heterocycles. The minimum absolute atomic E-state index is 0.00192. The van der Waals surface area contributed by atoms with E-state index in [0.29, 0.717) is 17.0 Å². The Kier molecular flexibility index (Phi) is 6.49. The van der Waals surface area contributed by atoms with Gasteiger partial charge in [-0.2, -0.15) is 0 Å². The molecule has 1 amide bonds. The Balaban J connectivity index is 1.85. The summed E-state index contributed by atoms with van der Waals surface area (Å²) < 4.78 is 5.04. The van der Waals surface area contributed by atoms with Crippen LogP contribution < -0.4 is 10.1 Å². The first-order chi connectivity index (χ1) is 12.4. The third kappa shape index (κ3) is 5.17. The average Bonchev–Trinajstić information content (AvgIpc) is 2.66. The van der Waals surface area contributed by atoms with Crippen molar-refractivity contribution in [2.75, 3.05) is 12.4 Å². The van der Waals surface area contributed by atoms with E-state index < -0.39 is 5.92 Å². The summed E-state index contributed by atoms with van der Waals surface area (Å²) in [7, 11) is 1.56. The molecule has 136 valence electrons. The standard InChI is InChI=1S/C20H21NO5/c1-13(20(25)14-3-7-16(22)8-4-14)18(23)11-12-19(24)21-15-5-9-17(26-2)10-6-15/h3-10,13,22H,11-12H2,1-2H3,(H,21,24)/t13-/m0/s1. The van der Waals surface area contributed by atoms with Crippen LogP contribution in [0.4, 0.5) is 5.69 Å². The minimum atomic E-state index is -0.840. The molecule has 0 radical (unpaired) electrons. The maximum atomic E-state index is 12.3. The number of phenols is 1. The van der Waals surface area contributed by atoms with Crippen molar-refractivity contribution < 1.29 is 24.2 Å². The normalized spacial score (nSPS) is 11.5. The number of ether oxygens (including phenoxy) is 1. The summed E-state index contributed by atoms with van der Waals surface area (Å²) in [4.78, 5) is 36.4. The third-order valence-electron chi connectivity index (χ3n) is 4.00. The number of phenolic OH excluding ortho intramolecular Hbond substituents is 1. The Morgan fingerprint density at radius 1 is 1.00 bits per heavy atom. The predicted molar refractivity (Wildman–Crippen MR) is 97.5 cm³/mol. The second kappa shape index (κ2) is 8.80. The molecule has 0 fully saturated rings. The van der Waals surface area contributed by atoms with Crippen LogP contribution in [0.25, 0.3) is 0 Å². The first-order valence-corrected chi connectivity index (χ1v) is 8.20. The smallest absolute Gasteiger partial charge is 0.224 e. The summed E-state index contributed by atoms with van der Waals surface area (Å²) >= 11 is 0. The maximum absolute atomic E-state index is 12.3. The van der Waals surface area contributed by atoms with Gasteiger partial charge in [0.2, 0.25) is 5.91 Å². The van der Waals surface area contributed by atoms with Crippen LogP contribution in [0.15, 0.2) is 48.5 Å². The molecule has 0 spiro atoms. The summed E-state index contributed by atoms with van der Waals surface area (Å²) in [5.74, 6) is -1.03. The lowest BCUT2D eigenvalue weighted by Crippen LogP contribution is -2.23. The average molecular weight is 355 g/mol. The molecule has 0 aliphatic carbocycles. The molecule has 2 aromatic rings. The molecule has 0 aliphatic heterocycles. The van der Waals surface area contributed by atoms with Crippen LogP contribution in [0, 0.1) is 5.92 Å². The van der Waals surface area contributed by atoms with E-state index in [0.717, 1.165) is 0 Å². The quantitative estimate of drug-likeness (QED) is 0.560. The van der Waals surface area contributed by atoms with Gasteiger partial charge in [0.05, 0.1) is 13.0 Å². The number of ketones is 2. The molecule has 6 nitrogen and oxygen atoms in total. The Morgan fingerprint density at radius 2 is 1.62 bits per heavy atom. The zero-order valence-electron chi connectivity index (χ0n) is 14.7. The van der Waals surface area contributed by atoms with Gasteiger partial charge in [0.1, 0.15) is 17.3 Å². The number of rotatable bonds is 8. The summed E-state index contributed by atoms with van der Waals surface area (Å²) in [5, 5.41) is 11.9. The van der Waals surface area contributed by atoms with Gasteiger partial charge in [0.25, 0.3) is 0 Å². The van der Waals surface area contributed by atoms with Gasteiger partial charge in [0, 0.05) is 24.1 Å². The number of aromatic hydroxyl groups is 1. The first kappa shape index (κ1) is 19.2. The van der Waals surface area contributed by atoms with E-state index in [1.165, 1.54) is 31.2 Å². The second-order valence-electron chi connectivity index (χ2n) is 5.88. The Hall–Kier alpha value is -3.15. The molecule has 1 atom stereocenters. The highest BCUT2D eigenvalue weighted by molar-refractivity contribution is 6.11. The number of amides is 1. The van der Waals surface area contributed by atoms with Gasteiger partial charge in [-0.1, -0.05) is 0 Å². The molecular weight excluding hydrogens is 334 g/mol. The van der Waals surface area contributed by atoms with Gasteiger partial charge < -0.3 is 15.2 Å². The van der Waals surface area contributed by atoms with Crippen molar-refractivity contribution in [3.05, 3.63) is 54.1 Å². The number of methoxy groups -OCH3 is 1. The molecular formula is C20H21NO5. The summed E-state index contributed by atoms with van der Waals surface area (Å²) in [6, 6.07) is 12.6. The number of hydrogen-bond acceptors (Lipinski definition) is 5. The minimum Gasteiger partial charge on any atom is -0.508 e. The highest BCUT2D eigenvalue weighted by Gasteiger charge is 2.23. The zero-order valence-corrected chi connectivity index (χ0v) is 14.7. The largest absolute Gasteiger partial charge is 0.508 e. The number of hydrogen-bond donors (Lipinski definition) is 2. The summed E-state index contributed by atoms with van der Waals surface area (Å²) in [5.41, 5.74) is 0.961. The van der Waals surface area contributed by atoms with Gasteiger partial charge in [-0.15, -0.1) is 0 Å². The highest BCUT2D eigenvalue weighted by atomic mass is 16.5. The fourth-order valence-corrected chi connectivity index (χ4v) is 2.37. The van der Waals surface area contributed by atoms with Crippen LogP contribution in [-0.2, 0) is 9.59 Å². The molecule has 0 unspecified atom stereocenters. The van der Waals surface area contributed by atoms with E-state index in [-0.39, 0.29) is 36.1 Å². The van der Waals surface area contributed by atoms with E-state index >= 15 is 0 Å². The SMILES string of the molecule is COc1ccc(NC(=O)CCC(=O)[C@H](C)C(=O)c2ccc(O)cc2)cc1. The van der Waals surface area contributed by atoms with Gasteiger partial charge in [-0.3, -0.25) is 14.4 Å². The third-order valence-corrected chi connectivity index (χ3v) is 4.00. The van der Waals surface area contributed by atoms with Crippen molar-refractivity contribution in [1.29, 1.82) is 0 Å². The van der Waals surface area contributed by atoms with Gasteiger partial charge in [-0.25, -0.2) is 0 Å². The molecule has 0 aromatic heterocycles. The second-order valence-corrected chi connectivity index (χ2v) is 5.88. The van der Waals surface area contributed by atoms with Crippen LogP contribution >= 0.6 is 0 Å². The Labute approximate surface area is 151 Å². The number of Topliss-reactive ketones (excluding diaryl/α,β-unsaturated/α-hetero) is 2. The van der Waals surface area contributed by atoms with Crippen molar-refractivity contribution in [3.8, 4) is 11.5 Å². The lowest BCUT2D eigenvalue weighted by molar-refractivity contribution is -0.124. The van der Waals surface area contributed by atoms with Crippen LogP contribution in [0.5, 0.6) is 11.5 Å². The zero-order chi connectivity index (χ0) is 19.1. The number of benzene rings is 2. The van der Waals surface area contributed by atoms with Crippen LogP contribution in [0.1, 0.15) is 30.1 Å². The monoisotopic (exact) mass is 355 g/mol. The number of anilines is 1. The molecule has 0 saturated carbocycles. The summed E-state index contributed by atoms with van der Waals surface area (Å²) in [6.45, 7) is 1.53. The van der Waals surface area contributed by atoms with Crippen LogP contribution in [-0.4, -0.2) is 29.7 Å². The van der Waals surface area contributed by atoms with Crippen molar-refractivity contribution in [3.63, 3.8) is 0 Å². The van der Waals surface area contributed by atoms with E-state index in [4.69, 9.17) is 4.74 Å². The summed E-state index contributed by atoms with van der Waals surface area (Å²) in [6.07, 6.45) is -0.0228. The van der Waals surface area contributed by atoms with Crippen LogP contribution in [0.3, 0.4) is 0 Å². The van der Waals surface area contributed by atoms with E-state index in [2.05, 4.69) is 5.32 Å². The first-order valence-electron chi connectivity index (χ1n) is 8.20. The van der Waals surface area contributed by atoms with Crippen molar-refractivity contribution >= 4 is 23.2 Å². The number of carbonyl (C=O) groups excluding carboxylic acids is 3. The Morgan fingerprint density at radius 3 is 2.19 bits per heavy atom. The van der Waals surface area contributed by atoms with Gasteiger partial charge in [-0.05, 0) is 55.5 Å². The van der Waals surface area contributed by atoms with E-state index in [9.17, 15) is 19.5 Å². The van der Waals surface area contributed by atoms with E-state index in [1.54, 1.807) is 31.4 Å². The van der Waals surface area contributed by atoms with E-state index in [1.807, 2.05) is 0 Å². The topological polar surface area (TPSA) is 92.7 Å². The van der Waals surface area contributed by atoms with Crippen molar-refractivity contribution in [2.45, 2.75) is 19.8 Å². The fraction of sp³-hybridized carbons (Fsp3) is 0.250. The van der Waals surface area contributed by atoms with Crippen LogP contribution in [0.2, 0.25) is 0 Å². The highest BCUT2D eigenvalue weighted by Crippen LogP contribution is 2.17. The van der Waals surface area contributed by atoms with Crippen molar-refractivity contribution in [2.24, 2.45) is 5.92 Å². The molecule has 26 heavy (non-hydrogen) atoms. The molecule has 0 saturated heterocycles. The predicted octanol–water partition coefficient (Wildman–Crippen LogP) is 3.21. The number of nitrogens with one attached hydrogen (secondary N) is 1. The molecule has 2 N–H and O–H groups in total. The Bertz CT molecular complexity index is 781. The lowest BCUT2D eigenvalue weighted by Gasteiger charge is -2.10. The number of carbonyl (C=O) groups is 3. The maximum Gasteiger partial charge on any atom is 0.224 e. The van der Waals surface area contributed by atoms with Gasteiger partial charge >= 0.3 is 0 Å². The molecule has 0 bridgehead atoms. The molecule has 0 aliphatic rings. The molecule has 6 heteroatoms. The lowest BCUT2D eigenvalue weighted by atomic mass is 9.93. The molecule has 2 aromatic carbocycles. The van der Waals surface area contributed by atoms with Crippen molar-refractivity contribution in [1.82, 2.24) is 0 Å². The fourth-order valence-electron chi connectivity index (χ4n) is 2.37.